The molecule has 254 valence electrons. The number of nitrogens with one attached hydrogen (secondary N) is 4. The van der Waals surface area contributed by atoms with Crippen molar-refractivity contribution < 1.29 is 39.0 Å². The number of carboxylic acids is 2. The van der Waals surface area contributed by atoms with Crippen molar-refractivity contribution in [2.24, 2.45) is 11.8 Å². The number of carbonyl (C=O) groups is 6. The van der Waals surface area contributed by atoms with Crippen molar-refractivity contribution in [2.45, 2.75) is 143 Å². The Bertz CT molecular complexity index is 808. The van der Waals surface area contributed by atoms with E-state index >= 15 is 0 Å². The van der Waals surface area contributed by atoms with Gasteiger partial charge in [0, 0.05) is 38.8 Å². The predicted molar refractivity (Wildman–Crippen MR) is 169 cm³/mol. The Kier molecular flexibility index (Phi) is 23.4. The van der Waals surface area contributed by atoms with E-state index in [9.17, 15) is 28.8 Å². The van der Waals surface area contributed by atoms with Crippen molar-refractivity contribution in [2.75, 3.05) is 13.1 Å². The van der Waals surface area contributed by atoms with Gasteiger partial charge in [-0.1, -0.05) is 79.1 Å². The smallest absolute Gasteiger partial charge is 0.303 e. The fourth-order valence-electron chi connectivity index (χ4n) is 4.67. The highest BCUT2D eigenvalue weighted by molar-refractivity contribution is 5.88. The lowest BCUT2D eigenvalue weighted by molar-refractivity contribution is -0.138. The molecule has 0 fully saturated rings. The molecule has 2 atom stereocenters. The lowest BCUT2D eigenvalue weighted by Crippen LogP contribution is -2.49. The maximum absolute atomic E-state index is 12.5. The summed E-state index contributed by atoms with van der Waals surface area (Å²) in [7, 11) is 0. The van der Waals surface area contributed by atoms with E-state index in [0.29, 0.717) is 13.1 Å². The molecule has 0 aromatic heterocycles. The first-order chi connectivity index (χ1) is 20.8. The van der Waals surface area contributed by atoms with Gasteiger partial charge < -0.3 is 31.5 Å². The maximum Gasteiger partial charge on any atom is 0.303 e. The Morgan fingerprint density at radius 3 is 1.02 bits per heavy atom. The third-order valence-corrected chi connectivity index (χ3v) is 7.32. The molecule has 0 aromatic rings. The summed E-state index contributed by atoms with van der Waals surface area (Å²) in [4.78, 5) is 70.3. The summed E-state index contributed by atoms with van der Waals surface area (Å²) in [6.45, 7) is 8.58. The van der Waals surface area contributed by atoms with Gasteiger partial charge in [-0.05, 0) is 37.5 Å². The minimum Gasteiger partial charge on any atom is -0.481 e. The number of amides is 4. The largest absolute Gasteiger partial charge is 0.481 e. The average molecular weight is 627 g/mol. The summed E-state index contributed by atoms with van der Waals surface area (Å²) in [6, 6.07) is -1.26. The van der Waals surface area contributed by atoms with Crippen LogP contribution in [0.5, 0.6) is 0 Å². The zero-order chi connectivity index (χ0) is 33.3. The maximum atomic E-state index is 12.5. The molecule has 0 spiro atoms. The van der Waals surface area contributed by atoms with Gasteiger partial charge in [0.2, 0.25) is 23.6 Å². The van der Waals surface area contributed by atoms with Gasteiger partial charge in [0.15, 0.2) is 0 Å². The standard InChI is InChI=1S/C32H58N4O8/c1-23(2)29(35-25(37)17-15-19-27(39)40)31(43)33-21-13-11-9-7-5-6-8-10-12-14-22-34-32(44)30(24(3)4)36-26(38)18-16-20-28(41)42/h23-24,29-30H,5-22H2,1-4H3,(H,33,43)(H,34,44)(H,35,37)(H,36,38)(H,39,40)(H,41,42)/t29-,30-/m0/s1. The summed E-state index contributed by atoms with van der Waals surface area (Å²) in [5.41, 5.74) is 0. The number of aliphatic carboxylic acids is 2. The average Bonchev–Trinajstić information content (AvgIpc) is 2.93. The van der Waals surface area contributed by atoms with E-state index in [0.717, 1.165) is 64.2 Å². The number of hydrogen-bond donors (Lipinski definition) is 6. The summed E-state index contributed by atoms with van der Waals surface area (Å²) in [5, 5.41) is 28.6. The van der Waals surface area contributed by atoms with E-state index in [2.05, 4.69) is 21.3 Å². The number of carbonyl (C=O) groups excluding carboxylic acids is 4. The minimum absolute atomic E-state index is 0.0712. The SMILES string of the molecule is CC(C)[C@H](NC(=O)CCCC(=O)O)C(=O)NCCCCCCCCCCCCNC(=O)[C@@H](NC(=O)CCCC(=O)O)C(C)C. The van der Waals surface area contributed by atoms with Crippen molar-refractivity contribution >= 4 is 35.6 Å². The molecule has 0 aliphatic heterocycles. The minimum atomic E-state index is -0.942. The van der Waals surface area contributed by atoms with Crippen LogP contribution < -0.4 is 21.3 Å². The lowest BCUT2D eigenvalue weighted by atomic mass is 10.0. The zero-order valence-corrected chi connectivity index (χ0v) is 27.4. The second-order valence-corrected chi connectivity index (χ2v) is 12.2. The van der Waals surface area contributed by atoms with Gasteiger partial charge in [0.25, 0.3) is 0 Å². The second-order valence-electron chi connectivity index (χ2n) is 12.2. The molecule has 0 radical (unpaired) electrons. The molecule has 12 heteroatoms. The molecular formula is C32H58N4O8. The highest BCUT2D eigenvalue weighted by atomic mass is 16.4. The van der Waals surface area contributed by atoms with E-state index in [4.69, 9.17) is 10.2 Å². The van der Waals surface area contributed by atoms with E-state index in [-0.39, 0.29) is 74.0 Å². The Morgan fingerprint density at radius 1 is 0.455 bits per heavy atom. The molecule has 0 aliphatic rings. The third kappa shape index (κ3) is 22.4. The number of hydrogen-bond acceptors (Lipinski definition) is 6. The first-order valence-electron chi connectivity index (χ1n) is 16.4. The molecule has 44 heavy (non-hydrogen) atoms. The van der Waals surface area contributed by atoms with Crippen LogP contribution in [0.1, 0.15) is 130 Å². The third-order valence-electron chi connectivity index (χ3n) is 7.32. The Hall–Kier alpha value is -3.18. The van der Waals surface area contributed by atoms with Crippen LogP contribution >= 0.6 is 0 Å². The van der Waals surface area contributed by atoms with Crippen LogP contribution in [0.25, 0.3) is 0 Å². The monoisotopic (exact) mass is 626 g/mol. The second kappa shape index (κ2) is 25.2. The molecule has 0 heterocycles. The molecule has 12 nitrogen and oxygen atoms in total. The van der Waals surface area contributed by atoms with Gasteiger partial charge in [-0.25, -0.2) is 0 Å². The summed E-state index contributed by atoms with van der Waals surface area (Å²) in [6.07, 6.45) is 11.1. The normalized spacial score (nSPS) is 12.4. The molecule has 4 amide bonds. The van der Waals surface area contributed by atoms with Crippen molar-refractivity contribution in [3.63, 3.8) is 0 Å². The number of unbranched alkanes of at least 4 members (excludes halogenated alkanes) is 9. The van der Waals surface area contributed by atoms with E-state index < -0.39 is 24.0 Å². The molecule has 0 unspecified atom stereocenters. The van der Waals surface area contributed by atoms with Gasteiger partial charge >= 0.3 is 11.9 Å². The van der Waals surface area contributed by atoms with Gasteiger partial charge in [-0.3, -0.25) is 28.8 Å². The highest BCUT2D eigenvalue weighted by Gasteiger charge is 2.24. The van der Waals surface area contributed by atoms with Crippen molar-refractivity contribution in [1.82, 2.24) is 21.3 Å². The quantitative estimate of drug-likeness (QED) is 0.0739. The van der Waals surface area contributed by atoms with Crippen molar-refractivity contribution in [3.8, 4) is 0 Å². The van der Waals surface area contributed by atoms with Crippen LogP contribution in [-0.2, 0) is 28.8 Å². The summed E-state index contributed by atoms with van der Waals surface area (Å²) < 4.78 is 0. The Morgan fingerprint density at radius 2 is 0.750 bits per heavy atom. The number of rotatable bonds is 27. The molecule has 0 bridgehead atoms. The topological polar surface area (TPSA) is 191 Å². The molecule has 0 aromatic carbocycles. The first kappa shape index (κ1) is 40.8. The molecular weight excluding hydrogens is 568 g/mol. The predicted octanol–water partition coefficient (Wildman–Crippen LogP) is 3.91. The fraction of sp³-hybridized carbons (Fsp3) is 0.812. The van der Waals surface area contributed by atoms with E-state index in [1.807, 2.05) is 27.7 Å². The van der Waals surface area contributed by atoms with Gasteiger partial charge in [-0.15, -0.1) is 0 Å². The summed E-state index contributed by atoms with van der Waals surface area (Å²) >= 11 is 0. The van der Waals surface area contributed by atoms with E-state index in [1.54, 1.807) is 0 Å². The van der Waals surface area contributed by atoms with Crippen LogP contribution in [0, 0.1) is 11.8 Å². The van der Waals surface area contributed by atoms with Gasteiger partial charge in [0.05, 0.1) is 0 Å². The van der Waals surface area contributed by atoms with Gasteiger partial charge in [0.1, 0.15) is 12.1 Å². The van der Waals surface area contributed by atoms with Crippen LogP contribution in [0.15, 0.2) is 0 Å². The lowest BCUT2D eigenvalue weighted by Gasteiger charge is -2.21. The molecule has 0 aliphatic carbocycles. The fourth-order valence-corrected chi connectivity index (χ4v) is 4.67. The van der Waals surface area contributed by atoms with Crippen LogP contribution in [0.4, 0.5) is 0 Å². The van der Waals surface area contributed by atoms with Gasteiger partial charge in [-0.2, -0.15) is 0 Å². The van der Waals surface area contributed by atoms with Crippen LogP contribution in [0.2, 0.25) is 0 Å². The Labute approximate surface area is 263 Å². The zero-order valence-electron chi connectivity index (χ0n) is 27.4. The highest BCUT2D eigenvalue weighted by Crippen LogP contribution is 2.11. The molecule has 0 rings (SSSR count). The number of carboxylic acid groups (broad SMARTS) is 2. The van der Waals surface area contributed by atoms with Crippen LogP contribution in [-0.4, -0.2) is 71.0 Å². The Balaban J connectivity index is 3.87. The van der Waals surface area contributed by atoms with Crippen molar-refractivity contribution in [3.05, 3.63) is 0 Å². The molecule has 0 saturated heterocycles. The van der Waals surface area contributed by atoms with E-state index in [1.165, 1.54) is 0 Å². The molecule has 6 N–H and O–H groups in total. The van der Waals surface area contributed by atoms with Crippen molar-refractivity contribution in [1.29, 1.82) is 0 Å². The first-order valence-corrected chi connectivity index (χ1v) is 16.4. The summed E-state index contributed by atoms with van der Waals surface area (Å²) in [5.74, 6) is -3.05. The van der Waals surface area contributed by atoms with Crippen LogP contribution in [0.3, 0.4) is 0 Å². The molecule has 0 saturated carbocycles.